The zero-order chi connectivity index (χ0) is 15.1. The largest absolute Gasteiger partial charge is 0.389 e. The van der Waals surface area contributed by atoms with Gasteiger partial charge < -0.3 is 15.5 Å². The highest BCUT2D eigenvalue weighted by molar-refractivity contribution is 7.80. The van der Waals surface area contributed by atoms with E-state index in [0.29, 0.717) is 23.9 Å². The summed E-state index contributed by atoms with van der Waals surface area (Å²) in [6.07, 6.45) is 1.73. The number of aryl methyl sites for hydroxylation is 1. The van der Waals surface area contributed by atoms with Crippen molar-refractivity contribution in [1.82, 2.24) is 9.88 Å². The minimum Gasteiger partial charge on any atom is -0.389 e. The number of carbonyl (C=O) groups is 1. The number of nitrogens with zero attached hydrogens (tertiary/aromatic N) is 3. The zero-order valence-corrected chi connectivity index (χ0v) is 13.1. The fourth-order valence-corrected chi connectivity index (χ4v) is 2.89. The molecule has 0 saturated carbocycles. The third-order valence-corrected chi connectivity index (χ3v) is 4.05. The molecule has 2 heterocycles. The highest BCUT2D eigenvalue weighted by Gasteiger charge is 2.42. The summed E-state index contributed by atoms with van der Waals surface area (Å²) >= 11 is 5.15. The molecule has 1 aromatic rings. The van der Waals surface area contributed by atoms with Crippen LogP contribution in [0, 0.1) is 6.92 Å². The average Bonchev–Trinajstić information content (AvgIpc) is 2.35. The van der Waals surface area contributed by atoms with E-state index in [-0.39, 0.29) is 5.91 Å². The van der Waals surface area contributed by atoms with Crippen molar-refractivity contribution in [1.29, 1.82) is 0 Å². The van der Waals surface area contributed by atoms with E-state index in [1.54, 1.807) is 11.1 Å². The molecule has 1 fully saturated rings. The third-order valence-electron chi connectivity index (χ3n) is 3.85. The Balaban J connectivity index is 2.54. The van der Waals surface area contributed by atoms with Crippen molar-refractivity contribution < 1.29 is 4.79 Å². The van der Waals surface area contributed by atoms with Gasteiger partial charge in [0.05, 0.1) is 5.56 Å². The van der Waals surface area contributed by atoms with Crippen LogP contribution in [0.1, 0.15) is 25.0 Å². The second-order valence-electron chi connectivity index (χ2n) is 5.63. The SMILES string of the molecule is Cc1ccnc(N2CCN(C)C(=O)C2(C)C)c1C(N)=S. The maximum Gasteiger partial charge on any atom is 0.247 e. The van der Waals surface area contributed by atoms with Crippen LogP contribution in [-0.2, 0) is 4.79 Å². The number of pyridine rings is 1. The van der Waals surface area contributed by atoms with Crippen molar-refractivity contribution in [2.45, 2.75) is 26.3 Å². The minimum absolute atomic E-state index is 0.0703. The van der Waals surface area contributed by atoms with Gasteiger partial charge in [-0.25, -0.2) is 4.98 Å². The van der Waals surface area contributed by atoms with E-state index in [1.165, 1.54) is 0 Å². The van der Waals surface area contributed by atoms with Gasteiger partial charge in [-0.05, 0) is 32.4 Å². The van der Waals surface area contributed by atoms with Crippen LogP contribution in [0.25, 0.3) is 0 Å². The first kappa shape index (κ1) is 14.7. The molecular formula is C14H20N4OS. The fourth-order valence-electron chi connectivity index (χ4n) is 2.64. The molecule has 1 aliphatic rings. The van der Waals surface area contributed by atoms with Crippen LogP contribution in [0.4, 0.5) is 5.82 Å². The Morgan fingerprint density at radius 3 is 2.70 bits per heavy atom. The summed E-state index contributed by atoms with van der Waals surface area (Å²) in [6, 6.07) is 1.88. The zero-order valence-electron chi connectivity index (χ0n) is 12.3. The van der Waals surface area contributed by atoms with Crippen LogP contribution in [0.5, 0.6) is 0 Å². The number of aromatic nitrogens is 1. The van der Waals surface area contributed by atoms with E-state index in [4.69, 9.17) is 18.0 Å². The summed E-state index contributed by atoms with van der Waals surface area (Å²) in [5.41, 5.74) is 6.92. The summed E-state index contributed by atoms with van der Waals surface area (Å²) in [5.74, 6) is 0.768. The first-order valence-corrected chi connectivity index (χ1v) is 6.96. The molecule has 2 N–H and O–H groups in total. The number of thiocarbonyl (C=S) groups is 1. The van der Waals surface area contributed by atoms with Crippen molar-refractivity contribution >= 4 is 28.9 Å². The van der Waals surface area contributed by atoms with Gasteiger partial charge in [0, 0.05) is 26.3 Å². The second-order valence-corrected chi connectivity index (χ2v) is 6.07. The molecular weight excluding hydrogens is 272 g/mol. The van der Waals surface area contributed by atoms with E-state index in [0.717, 1.165) is 11.1 Å². The molecule has 0 atom stereocenters. The van der Waals surface area contributed by atoms with Crippen molar-refractivity contribution in [2.24, 2.45) is 5.73 Å². The quantitative estimate of drug-likeness (QED) is 0.827. The first-order chi connectivity index (χ1) is 9.26. The average molecular weight is 292 g/mol. The summed E-state index contributed by atoms with van der Waals surface area (Å²) < 4.78 is 0. The number of amides is 1. The van der Waals surface area contributed by atoms with Gasteiger partial charge in [0.15, 0.2) is 0 Å². The molecule has 1 saturated heterocycles. The van der Waals surface area contributed by atoms with Crippen molar-refractivity contribution in [3.63, 3.8) is 0 Å². The molecule has 1 aromatic heterocycles. The fraction of sp³-hybridized carbons (Fsp3) is 0.500. The minimum atomic E-state index is -0.659. The van der Waals surface area contributed by atoms with Gasteiger partial charge in [-0.3, -0.25) is 4.79 Å². The first-order valence-electron chi connectivity index (χ1n) is 6.55. The summed E-state index contributed by atoms with van der Waals surface area (Å²) in [4.78, 5) is 20.9. The van der Waals surface area contributed by atoms with E-state index >= 15 is 0 Å². The highest BCUT2D eigenvalue weighted by atomic mass is 32.1. The van der Waals surface area contributed by atoms with Crippen molar-refractivity contribution in [3.8, 4) is 0 Å². The third kappa shape index (κ3) is 2.24. The lowest BCUT2D eigenvalue weighted by molar-refractivity contribution is -0.136. The Morgan fingerprint density at radius 2 is 2.10 bits per heavy atom. The lowest BCUT2D eigenvalue weighted by Gasteiger charge is -2.46. The summed E-state index contributed by atoms with van der Waals surface area (Å²) in [6.45, 7) is 7.12. The predicted octanol–water partition coefficient (Wildman–Crippen LogP) is 1.08. The van der Waals surface area contributed by atoms with Crippen LogP contribution in [-0.4, -0.2) is 46.5 Å². The number of hydrogen-bond donors (Lipinski definition) is 1. The van der Waals surface area contributed by atoms with Crippen LogP contribution >= 0.6 is 12.2 Å². The Bertz CT molecular complexity index is 570. The maximum absolute atomic E-state index is 12.4. The molecule has 0 unspecified atom stereocenters. The second kappa shape index (κ2) is 5.01. The number of hydrogen-bond acceptors (Lipinski definition) is 4. The van der Waals surface area contributed by atoms with E-state index in [2.05, 4.69) is 4.98 Å². The lowest BCUT2D eigenvalue weighted by Crippen LogP contribution is -2.62. The van der Waals surface area contributed by atoms with E-state index < -0.39 is 5.54 Å². The Labute approximate surface area is 124 Å². The molecule has 0 aromatic carbocycles. The van der Waals surface area contributed by atoms with Crippen LogP contribution < -0.4 is 10.6 Å². The monoisotopic (exact) mass is 292 g/mol. The van der Waals surface area contributed by atoms with Crippen LogP contribution in [0.15, 0.2) is 12.3 Å². The van der Waals surface area contributed by atoms with Gasteiger partial charge in [0.2, 0.25) is 5.91 Å². The lowest BCUT2D eigenvalue weighted by atomic mass is 9.96. The molecule has 108 valence electrons. The molecule has 1 amide bonds. The van der Waals surface area contributed by atoms with Crippen LogP contribution in [0.2, 0.25) is 0 Å². The Morgan fingerprint density at radius 1 is 1.45 bits per heavy atom. The van der Waals surface area contributed by atoms with E-state index in [9.17, 15) is 4.79 Å². The number of nitrogens with two attached hydrogens (primary N) is 1. The number of carbonyl (C=O) groups excluding carboxylic acids is 1. The van der Waals surface area contributed by atoms with Gasteiger partial charge >= 0.3 is 0 Å². The number of rotatable bonds is 2. The number of likely N-dealkylation sites (N-methyl/N-ethyl adjacent to an activating group) is 1. The van der Waals surface area contributed by atoms with Crippen molar-refractivity contribution in [2.75, 3.05) is 25.0 Å². The Hall–Kier alpha value is -1.69. The molecule has 20 heavy (non-hydrogen) atoms. The van der Waals surface area contributed by atoms with Gasteiger partial charge in [0.1, 0.15) is 16.3 Å². The normalized spacial score (nSPS) is 18.3. The summed E-state index contributed by atoms with van der Waals surface area (Å²) in [5, 5.41) is 0. The molecule has 0 bridgehead atoms. The smallest absolute Gasteiger partial charge is 0.247 e. The van der Waals surface area contributed by atoms with Gasteiger partial charge in [-0.15, -0.1) is 0 Å². The van der Waals surface area contributed by atoms with Gasteiger partial charge in [0.25, 0.3) is 0 Å². The van der Waals surface area contributed by atoms with E-state index in [1.807, 2.05) is 38.8 Å². The Kier molecular flexibility index (Phi) is 3.69. The molecule has 6 heteroatoms. The predicted molar refractivity (Wildman–Crippen MR) is 83.9 cm³/mol. The van der Waals surface area contributed by atoms with Gasteiger partial charge in [-0.1, -0.05) is 12.2 Å². The highest BCUT2D eigenvalue weighted by Crippen LogP contribution is 2.30. The topological polar surface area (TPSA) is 62.5 Å². The number of piperazine rings is 1. The molecule has 1 aliphatic heterocycles. The van der Waals surface area contributed by atoms with Crippen molar-refractivity contribution in [3.05, 3.63) is 23.4 Å². The molecule has 0 radical (unpaired) electrons. The molecule has 0 aliphatic carbocycles. The van der Waals surface area contributed by atoms with Gasteiger partial charge in [-0.2, -0.15) is 0 Å². The number of anilines is 1. The molecule has 0 spiro atoms. The summed E-state index contributed by atoms with van der Waals surface area (Å²) in [7, 11) is 1.82. The maximum atomic E-state index is 12.4. The standard InChI is InChI=1S/C14H20N4OS/c1-9-5-6-16-12(10(9)11(15)20)18-8-7-17(4)13(19)14(18,2)3/h5-6H,7-8H2,1-4H3,(H2,15,20). The molecule has 5 nitrogen and oxygen atoms in total. The molecule has 2 rings (SSSR count). The van der Waals surface area contributed by atoms with Crippen LogP contribution in [0.3, 0.4) is 0 Å².